The number of piperazine rings is 2. The minimum absolute atomic E-state index is 0.0820. The van der Waals surface area contributed by atoms with Crippen LogP contribution in [-0.2, 0) is 9.59 Å². The summed E-state index contributed by atoms with van der Waals surface area (Å²) in [6.07, 6.45) is 4.15. The lowest BCUT2D eigenvalue weighted by Crippen LogP contribution is -2.48. The SMILES string of the molecule is CCC(=O)NCCCN1CCN(CCCN2C(=O)c3ccc4c5c(ccc(c35)C2=O)C(=O)N(CCCN2CCN(CCCNC(=O)CC)CC2)C4=O)CC1. The number of nitrogens with zero attached hydrogens (tertiary/aromatic N) is 6. The second kappa shape index (κ2) is 18.4. The normalized spacial score (nSPS) is 18.6. The highest BCUT2D eigenvalue weighted by molar-refractivity contribution is 6.33. The molecule has 54 heavy (non-hydrogen) atoms. The third-order valence-corrected chi connectivity index (χ3v) is 11.3. The van der Waals surface area contributed by atoms with Crippen LogP contribution in [0.2, 0.25) is 0 Å². The number of carbonyl (C=O) groups excluding carboxylic acids is 6. The highest BCUT2D eigenvalue weighted by Crippen LogP contribution is 2.38. The molecule has 4 aliphatic heterocycles. The van der Waals surface area contributed by atoms with E-state index in [9.17, 15) is 28.8 Å². The molecule has 6 amide bonds. The van der Waals surface area contributed by atoms with Gasteiger partial charge in [0.15, 0.2) is 0 Å². The molecule has 14 heteroatoms. The van der Waals surface area contributed by atoms with Gasteiger partial charge in [-0.25, -0.2) is 0 Å². The zero-order valence-electron chi connectivity index (χ0n) is 32.0. The van der Waals surface area contributed by atoms with Crippen molar-refractivity contribution in [2.75, 3.05) is 105 Å². The average Bonchev–Trinajstić information content (AvgIpc) is 3.19. The second-order valence-electron chi connectivity index (χ2n) is 14.8. The van der Waals surface area contributed by atoms with Crippen molar-refractivity contribution in [1.29, 1.82) is 0 Å². The minimum Gasteiger partial charge on any atom is -0.356 e. The van der Waals surface area contributed by atoms with Crippen LogP contribution >= 0.6 is 0 Å². The van der Waals surface area contributed by atoms with Gasteiger partial charge in [0.25, 0.3) is 23.6 Å². The molecule has 0 saturated carbocycles. The lowest BCUT2D eigenvalue weighted by atomic mass is 9.86. The van der Waals surface area contributed by atoms with Gasteiger partial charge in [-0.15, -0.1) is 0 Å². The number of amides is 6. The Morgan fingerprint density at radius 1 is 0.463 bits per heavy atom. The maximum absolute atomic E-state index is 13.8. The predicted octanol–water partition coefficient (Wildman–Crippen LogP) is 1.88. The molecule has 2 saturated heterocycles. The average molecular weight is 745 g/mol. The van der Waals surface area contributed by atoms with E-state index in [1.165, 1.54) is 9.80 Å². The molecule has 4 aliphatic rings. The quantitative estimate of drug-likeness (QED) is 0.172. The first-order valence-electron chi connectivity index (χ1n) is 19.9. The molecule has 14 nitrogen and oxygen atoms in total. The molecule has 4 heterocycles. The molecule has 6 rings (SSSR count). The summed E-state index contributed by atoms with van der Waals surface area (Å²) in [5.74, 6) is -1.38. The zero-order chi connectivity index (χ0) is 38.2. The molecule has 0 bridgehead atoms. The molecule has 292 valence electrons. The summed E-state index contributed by atoms with van der Waals surface area (Å²) in [6.45, 7) is 16.5. The Kier molecular flexibility index (Phi) is 13.4. The highest BCUT2D eigenvalue weighted by Gasteiger charge is 2.39. The molecular weight excluding hydrogens is 688 g/mol. The van der Waals surface area contributed by atoms with Crippen molar-refractivity contribution in [2.24, 2.45) is 0 Å². The fourth-order valence-corrected chi connectivity index (χ4v) is 8.07. The van der Waals surface area contributed by atoms with E-state index in [0.717, 1.165) is 91.4 Å². The molecule has 2 aromatic rings. The van der Waals surface area contributed by atoms with Crippen LogP contribution in [0, 0.1) is 0 Å². The van der Waals surface area contributed by atoms with Crippen molar-refractivity contribution < 1.29 is 28.8 Å². The first kappa shape index (κ1) is 39.5. The van der Waals surface area contributed by atoms with Crippen molar-refractivity contribution in [1.82, 2.24) is 40.0 Å². The van der Waals surface area contributed by atoms with Crippen LogP contribution in [0.15, 0.2) is 24.3 Å². The first-order chi connectivity index (χ1) is 26.2. The number of hydrogen-bond acceptors (Lipinski definition) is 10. The predicted molar refractivity (Wildman–Crippen MR) is 206 cm³/mol. The lowest BCUT2D eigenvalue weighted by molar-refractivity contribution is -0.121. The number of benzene rings is 2. The third kappa shape index (κ3) is 8.99. The fourth-order valence-electron chi connectivity index (χ4n) is 8.07. The molecular formula is C40H56N8O6. The van der Waals surface area contributed by atoms with E-state index in [4.69, 9.17) is 0 Å². The molecule has 2 aromatic carbocycles. The van der Waals surface area contributed by atoms with Crippen LogP contribution in [0.25, 0.3) is 10.8 Å². The van der Waals surface area contributed by atoms with Gasteiger partial charge >= 0.3 is 0 Å². The van der Waals surface area contributed by atoms with E-state index in [1.807, 2.05) is 13.8 Å². The summed E-state index contributed by atoms with van der Waals surface area (Å²) in [5, 5.41) is 6.67. The molecule has 0 radical (unpaired) electrons. The van der Waals surface area contributed by atoms with Gasteiger partial charge in [0.1, 0.15) is 0 Å². The van der Waals surface area contributed by atoms with E-state index in [2.05, 4.69) is 30.2 Å². The van der Waals surface area contributed by atoms with Gasteiger partial charge in [0, 0.05) is 124 Å². The number of carbonyl (C=O) groups is 6. The third-order valence-electron chi connectivity index (χ3n) is 11.3. The Balaban J connectivity index is 0.981. The van der Waals surface area contributed by atoms with Gasteiger partial charge in [-0.3, -0.25) is 38.6 Å². The summed E-state index contributed by atoms with van der Waals surface area (Å²) in [7, 11) is 0. The standard InChI is InChI=1S/C40H56N8O6/c1-3-33(49)41-13-5-15-43-21-25-45(26-22-43)17-7-19-47-37(51)29-9-11-31-36-32(12-10-30(35(29)36)38(47)52)40(54)48(39(31)53)20-8-18-46-27-23-44(24-28-46)16-6-14-42-34(50)4-2/h9-12H,3-8,13-28H2,1-2H3,(H,41,49)(H,42,50). The van der Waals surface area contributed by atoms with Crippen molar-refractivity contribution in [3.63, 3.8) is 0 Å². The first-order valence-corrected chi connectivity index (χ1v) is 19.9. The number of imide groups is 2. The minimum atomic E-state index is -0.387. The van der Waals surface area contributed by atoms with Crippen LogP contribution < -0.4 is 10.6 Å². The topological polar surface area (TPSA) is 146 Å². The fraction of sp³-hybridized carbons (Fsp3) is 0.600. The molecule has 2 N–H and O–H groups in total. The highest BCUT2D eigenvalue weighted by atomic mass is 16.2. The van der Waals surface area contributed by atoms with Crippen molar-refractivity contribution in [2.45, 2.75) is 52.4 Å². The smallest absolute Gasteiger partial charge is 0.261 e. The van der Waals surface area contributed by atoms with Crippen LogP contribution in [0.5, 0.6) is 0 Å². The summed E-state index contributed by atoms with van der Waals surface area (Å²) < 4.78 is 0. The molecule has 0 unspecified atom stereocenters. The van der Waals surface area contributed by atoms with Crippen LogP contribution in [-0.4, -0.2) is 170 Å². The van der Waals surface area contributed by atoms with Gasteiger partial charge in [0.2, 0.25) is 11.8 Å². The maximum atomic E-state index is 13.8. The molecule has 0 atom stereocenters. The second-order valence-corrected chi connectivity index (χ2v) is 14.8. The van der Waals surface area contributed by atoms with Gasteiger partial charge in [0.05, 0.1) is 0 Å². The Morgan fingerprint density at radius 2 is 0.741 bits per heavy atom. The Bertz CT molecular complexity index is 1540. The molecule has 0 aromatic heterocycles. The summed E-state index contributed by atoms with van der Waals surface area (Å²) in [6, 6.07) is 6.57. The zero-order valence-corrected chi connectivity index (χ0v) is 32.0. The van der Waals surface area contributed by atoms with E-state index in [1.54, 1.807) is 24.3 Å². The van der Waals surface area contributed by atoms with Crippen molar-refractivity contribution in [3.8, 4) is 0 Å². The molecule has 2 fully saturated rings. The number of hydrogen-bond donors (Lipinski definition) is 2. The van der Waals surface area contributed by atoms with E-state index in [0.29, 0.717) is 84.9 Å². The maximum Gasteiger partial charge on any atom is 0.261 e. The largest absolute Gasteiger partial charge is 0.356 e. The summed E-state index contributed by atoms with van der Waals surface area (Å²) >= 11 is 0. The number of nitrogens with one attached hydrogen (secondary N) is 2. The van der Waals surface area contributed by atoms with E-state index in [-0.39, 0.29) is 35.4 Å². The Labute approximate surface area is 318 Å². The molecule has 0 spiro atoms. The van der Waals surface area contributed by atoms with Gasteiger partial charge in [-0.1, -0.05) is 13.8 Å². The summed E-state index contributed by atoms with van der Waals surface area (Å²) in [4.78, 5) is 90.0. The van der Waals surface area contributed by atoms with Gasteiger partial charge < -0.3 is 30.2 Å². The van der Waals surface area contributed by atoms with Gasteiger partial charge in [-0.2, -0.15) is 0 Å². The van der Waals surface area contributed by atoms with Gasteiger partial charge in [-0.05, 0) is 76.1 Å². The number of rotatable bonds is 18. The van der Waals surface area contributed by atoms with Crippen LogP contribution in [0.3, 0.4) is 0 Å². The van der Waals surface area contributed by atoms with Crippen molar-refractivity contribution >= 4 is 46.2 Å². The van der Waals surface area contributed by atoms with Crippen LogP contribution in [0.4, 0.5) is 0 Å². The van der Waals surface area contributed by atoms with Crippen molar-refractivity contribution in [3.05, 3.63) is 46.5 Å². The van der Waals surface area contributed by atoms with Crippen LogP contribution in [0.1, 0.15) is 93.8 Å². The van der Waals surface area contributed by atoms with E-state index < -0.39 is 0 Å². The monoisotopic (exact) mass is 744 g/mol. The summed E-state index contributed by atoms with van der Waals surface area (Å²) in [5.41, 5.74) is 1.42. The van der Waals surface area contributed by atoms with E-state index >= 15 is 0 Å². The Hall–Kier alpha value is -4.24. The Morgan fingerprint density at radius 3 is 1.02 bits per heavy atom. The lowest BCUT2D eigenvalue weighted by Gasteiger charge is -2.36. The molecule has 0 aliphatic carbocycles.